The van der Waals surface area contributed by atoms with Gasteiger partial charge in [0.1, 0.15) is 5.75 Å². The molecule has 0 aliphatic rings. The molecule has 1 amide bonds. The van der Waals surface area contributed by atoms with Crippen LogP contribution in [-0.2, 0) is 0 Å². The minimum absolute atomic E-state index is 0.338. The summed E-state index contributed by atoms with van der Waals surface area (Å²) >= 11 is 12.0. The van der Waals surface area contributed by atoms with Crippen LogP contribution in [-0.4, -0.2) is 13.0 Å². The molecule has 0 fully saturated rings. The summed E-state index contributed by atoms with van der Waals surface area (Å²) < 4.78 is 5.16. The molecule has 0 aromatic heterocycles. The lowest BCUT2D eigenvalue weighted by atomic mass is 10.1. The number of nitrogens with two attached hydrogens (primary N) is 1. The molecule has 21 heavy (non-hydrogen) atoms. The van der Waals surface area contributed by atoms with Crippen molar-refractivity contribution in [1.82, 2.24) is 0 Å². The Kier molecular flexibility index (Phi) is 4.60. The van der Waals surface area contributed by atoms with Crippen LogP contribution in [0.3, 0.4) is 0 Å². The van der Waals surface area contributed by atoms with Crippen molar-refractivity contribution in [3.8, 4) is 5.75 Å². The Hall–Kier alpha value is -1.91. The summed E-state index contributed by atoms with van der Waals surface area (Å²) in [5.41, 5.74) is 8.02. The summed E-state index contributed by atoms with van der Waals surface area (Å²) in [5, 5.41) is 3.60. The van der Waals surface area contributed by atoms with E-state index in [0.717, 1.165) is 5.56 Å². The van der Waals surface area contributed by atoms with Gasteiger partial charge in [0.05, 0.1) is 23.4 Å². The zero-order chi connectivity index (χ0) is 15.6. The standard InChI is InChI=1S/C15H14Cl2N2O2/c1-8-5-13(11(17)7-12(8)18)19-15(20)10-4-3-9(16)6-14(10)21-2/h3-7H,18H2,1-2H3,(H,19,20). The van der Waals surface area contributed by atoms with Gasteiger partial charge in [-0.2, -0.15) is 0 Å². The summed E-state index contributed by atoms with van der Waals surface area (Å²) in [6.45, 7) is 1.84. The van der Waals surface area contributed by atoms with Crippen molar-refractivity contribution < 1.29 is 9.53 Å². The number of anilines is 2. The fourth-order valence-corrected chi connectivity index (χ4v) is 2.22. The van der Waals surface area contributed by atoms with Crippen molar-refractivity contribution in [2.24, 2.45) is 0 Å². The van der Waals surface area contributed by atoms with Gasteiger partial charge in [0, 0.05) is 10.7 Å². The van der Waals surface area contributed by atoms with Gasteiger partial charge in [-0.05, 0) is 42.8 Å². The number of halogens is 2. The van der Waals surface area contributed by atoms with Gasteiger partial charge in [0.2, 0.25) is 0 Å². The minimum Gasteiger partial charge on any atom is -0.496 e. The quantitative estimate of drug-likeness (QED) is 0.834. The third-order valence-corrected chi connectivity index (χ3v) is 3.56. The Bertz CT molecular complexity index is 702. The summed E-state index contributed by atoms with van der Waals surface area (Å²) in [4.78, 5) is 12.3. The molecular formula is C15H14Cl2N2O2. The van der Waals surface area contributed by atoms with Gasteiger partial charge in [-0.3, -0.25) is 4.79 Å². The van der Waals surface area contributed by atoms with Gasteiger partial charge in [0.25, 0.3) is 5.91 Å². The first kappa shape index (κ1) is 15.5. The maximum atomic E-state index is 12.3. The summed E-state index contributed by atoms with van der Waals surface area (Å²) in [5.74, 6) is 0.0536. The zero-order valence-electron chi connectivity index (χ0n) is 11.5. The average Bonchev–Trinajstić information content (AvgIpc) is 2.44. The molecule has 0 unspecified atom stereocenters. The fraction of sp³-hybridized carbons (Fsp3) is 0.133. The first-order valence-electron chi connectivity index (χ1n) is 6.13. The second kappa shape index (κ2) is 6.24. The van der Waals surface area contributed by atoms with Crippen molar-refractivity contribution >= 4 is 40.5 Å². The van der Waals surface area contributed by atoms with Crippen molar-refractivity contribution in [3.63, 3.8) is 0 Å². The third-order valence-electron chi connectivity index (χ3n) is 3.01. The molecule has 0 aliphatic heterocycles. The van der Waals surface area contributed by atoms with Crippen molar-refractivity contribution in [1.29, 1.82) is 0 Å². The number of methoxy groups -OCH3 is 1. The summed E-state index contributed by atoms with van der Waals surface area (Å²) in [7, 11) is 1.47. The van der Waals surface area contributed by atoms with Gasteiger partial charge in [-0.25, -0.2) is 0 Å². The monoisotopic (exact) mass is 324 g/mol. The van der Waals surface area contributed by atoms with Gasteiger partial charge in [-0.15, -0.1) is 0 Å². The van der Waals surface area contributed by atoms with Crippen LogP contribution in [0, 0.1) is 6.92 Å². The molecule has 2 rings (SSSR count). The van der Waals surface area contributed by atoms with E-state index in [-0.39, 0.29) is 5.91 Å². The smallest absolute Gasteiger partial charge is 0.259 e. The molecule has 0 saturated heterocycles. The molecule has 6 heteroatoms. The van der Waals surface area contributed by atoms with Crippen LogP contribution in [0.2, 0.25) is 10.0 Å². The van der Waals surface area contributed by atoms with Gasteiger partial charge >= 0.3 is 0 Å². The third kappa shape index (κ3) is 3.40. The van der Waals surface area contributed by atoms with Crippen LogP contribution < -0.4 is 15.8 Å². The van der Waals surface area contributed by atoms with Gasteiger partial charge in [0.15, 0.2) is 0 Å². The van der Waals surface area contributed by atoms with Gasteiger partial charge < -0.3 is 15.8 Å². The van der Waals surface area contributed by atoms with Crippen molar-refractivity contribution in [3.05, 3.63) is 51.5 Å². The van der Waals surface area contributed by atoms with E-state index < -0.39 is 0 Å². The number of ether oxygens (including phenoxy) is 1. The van der Waals surface area contributed by atoms with Crippen LogP contribution >= 0.6 is 23.2 Å². The van der Waals surface area contributed by atoms with Gasteiger partial charge in [-0.1, -0.05) is 23.2 Å². The van der Waals surface area contributed by atoms with Crippen LogP contribution in [0.5, 0.6) is 5.75 Å². The highest BCUT2D eigenvalue weighted by Crippen LogP contribution is 2.29. The number of nitrogens with one attached hydrogen (secondary N) is 1. The highest BCUT2D eigenvalue weighted by atomic mass is 35.5. The van der Waals surface area contributed by atoms with E-state index in [1.54, 1.807) is 30.3 Å². The Morgan fingerprint density at radius 3 is 2.62 bits per heavy atom. The zero-order valence-corrected chi connectivity index (χ0v) is 13.0. The molecule has 0 saturated carbocycles. The number of hydrogen-bond acceptors (Lipinski definition) is 3. The second-order valence-electron chi connectivity index (χ2n) is 4.49. The molecule has 2 aromatic carbocycles. The molecule has 3 N–H and O–H groups in total. The number of amides is 1. The van der Waals surface area contributed by atoms with E-state index in [1.165, 1.54) is 7.11 Å². The van der Waals surface area contributed by atoms with Crippen molar-refractivity contribution in [2.75, 3.05) is 18.2 Å². The molecule has 0 atom stereocenters. The van der Waals surface area contributed by atoms with Crippen LogP contribution in [0.25, 0.3) is 0 Å². The normalized spacial score (nSPS) is 10.3. The number of carbonyl (C=O) groups excluding carboxylic acids is 1. The highest BCUT2D eigenvalue weighted by Gasteiger charge is 2.14. The van der Waals surface area contributed by atoms with Crippen molar-refractivity contribution in [2.45, 2.75) is 6.92 Å². The van der Waals surface area contributed by atoms with E-state index in [2.05, 4.69) is 5.32 Å². The van der Waals surface area contributed by atoms with Crippen LogP contribution in [0.1, 0.15) is 15.9 Å². The molecular weight excluding hydrogens is 311 g/mol. The molecule has 0 bridgehead atoms. The predicted molar refractivity (Wildman–Crippen MR) is 86.6 cm³/mol. The number of aryl methyl sites for hydroxylation is 1. The molecule has 110 valence electrons. The van der Waals surface area contributed by atoms with Crippen LogP contribution in [0.4, 0.5) is 11.4 Å². The molecule has 0 spiro atoms. The Morgan fingerprint density at radius 1 is 1.24 bits per heavy atom. The van der Waals surface area contributed by atoms with Crippen LogP contribution in [0.15, 0.2) is 30.3 Å². The number of rotatable bonds is 3. The number of nitrogen functional groups attached to an aromatic ring is 1. The van der Waals surface area contributed by atoms with E-state index in [1.807, 2.05) is 6.92 Å². The first-order valence-corrected chi connectivity index (χ1v) is 6.88. The lowest BCUT2D eigenvalue weighted by Gasteiger charge is -2.12. The lowest BCUT2D eigenvalue weighted by molar-refractivity contribution is 0.102. The maximum absolute atomic E-state index is 12.3. The topological polar surface area (TPSA) is 64.3 Å². The Balaban J connectivity index is 2.32. The Labute approximate surface area is 132 Å². The minimum atomic E-state index is -0.338. The molecule has 0 heterocycles. The molecule has 0 radical (unpaired) electrons. The predicted octanol–water partition coefficient (Wildman–Crippen LogP) is 4.14. The largest absolute Gasteiger partial charge is 0.496 e. The first-order chi connectivity index (χ1) is 9.92. The van der Waals surface area contributed by atoms with E-state index >= 15 is 0 Å². The maximum Gasteiger partial charge on any atom is 0.259 e. The average molecular weight is 325 g/mol. The summed E-state index contributed by atoms with van der Waals surface area (Å²) in [6, 6.07) is 8.11. The number of carbonyl (C=O) groups is 1. The molecule has 2 aromatic rings. The lowest BCUT2D eigenvalue weighted by Crippen LogP contribution is -2.13. The fourth-order valence-electron chi connectivity index (χ4n) is 1.83. The van der Waals surface area contributed by atoms with E-state index in [4.69, 9.17) is 33.7 Å². The number of benzene rings is 2. The number of hydrogen-bond donors (Lipinski definition) is 2. The second-order valence-corrected chi connectivity index (χ2v) is 5.33. The molecule has 4 nitrogen and oxygen atoms in total. The highest BCUT2D eigenvalue weighted by molar-refractivity contribution is 6.34. The summed E-state index contributed by atoms with van der Waals surface area (Å²) in [6.07, 6.45) is 0. The van der Waals surface area contributed by atoms with E-state index in [0.29, 0.717) is 32.7 Å². The molecule has 0 aliphatic carbocycles. The Morgan fingerprint density at radius 2 is 1.95 bits per heavy atom. The SMILES string of the molecule is COc1cc(Cl)ccc1C(=O)Nc1cc(C)c(N)cc1Cl. The van der Waals surface area contributed by atoms with E-state index in [9.17, 15) is 4.79 Å².